The number of likely N-dealkylation sites (tertiary alicyclic amines) is 1. The van der Waals surface area contributed by atoms with E-state index in [0.717, 1.165) is 30.2 Å². The molecule has 1 saturated heterocycles. The molecule has 0 amide bonds. The number of aromatic nitrogens is 2. The lowest BCUT2D eigenvalue weighted by Crippen LogP contribution is -2.61. The summed E-state index contributed by atoms with van der Waals surface area (Å²) in [5.41, 5.74) is -0.595. The van der Waals surface area contributed by atoms with Crippen molar-refractivity contribution in [2.24, 2.45) is 0 Å². The van der Waals surface area contributed by atoms with Crippen LogP contribution in [0.25, 0.3) is 0 Å². The summed E-state index contributed by atoms with van der Waals surface area (Å²) in [6.07, 6.45) is 7.44. The number of hydrogen-bond acceptors (Lipinski definition) is 6. The lowest BCUT2D eigenvalue weighted by Gasteiger charge is -2.51. The molecule has 0 radical (unpaired) electrons. The van der Waals surface area contributed by atoms with E-state index in [1.54, 1.807) is 12.4 Å². The van der Waals surface area contributed by atoms with Crippen molar-refractivity contribution in [1.82, 2.24) is 14.9 Å². The third kappa shape index (κ3) is 4.45. The quantitative estimate of drug-likeness (QED) is 0.707. The van der Waals surface area contributed by atoms with Crippen molar-refractivity contribution >= 4 is 28.4 Å². The second kappa shape index (κ2) is 8.25. The van der Waals surface area contributed by atoms with E-state index in [0.29, 0.717) is 30.5 Å². The molecule has 0 aliphatic carbocycles. The van der Waals surface area contributed by atoms with Crippen LogP contribution in [-0.2, 0) is 9.53 Å². The number of rotatable bonds is 7. The number of nitrogens with zero attached hydrogens (tertiary/aromatic N) is 3. The zero-order valence-corrected chi connectivity index (χ0v) is 16.4. The van der Waals surface area contributed by atoms with E-state index in [2.05, 4.69) is 50.0 Å². The Morgan fingerprint density at radius 3 is 2.29 bits per heavy atom. The summed E-state index contributed by atoms with van der Waals surface area (Å²) in [5, 5.41) is 3.46. The first-order chi connectivity index (χ1) is 11.4. The Morgan fingerprint density at radius 2 is 1.83 bits per heavy atom. The zero-order chi connectivity index (χ0) is 17.7. The van der Waals surface area contributed by atoms with Gasteiger partial charge in [-0.1, -0.05) is 13.8 Å². The molecule has 0 spiro atoms. The molecule has 0 bridgehead atoms. The summed E-state index contributed by atoms with van der Waals surface area (Å²) >= 11 is 3.35. The molecule has 6 nitrogen and oxygen atoms in total. The summed E-state index contributed by atoms with van der Waals surface area (Å²) in [6.45, 7) is 8.86. The van der Waals surface area contributed by atoms with Crippen LogP contribution in [0.5, 0.6) is 0 Å². The Labute approximate surface area is 152 Å². The predicted molar refractivity (Wildman–Crippen MR) is 97.6 cm³/mol. The van der Waals surface area contributed by atoms with Gasteiger partial charge in [-0.3, -0.25) is 9.69 Å². The molecule has 1 aliphatic heterocycles. The minimum Gasteiger partial charge on any atom is -0.446 e. The van der Waals surface area contributed by atoms with Gasteiger partial charge < -0.3 is 10.1 Å². The van der Waals surface area contributed by atoms with Gasteiger partial charge in [-0.25, -0.2) is 9.97 Å². The fraction of sp³-hybridized carbons (Fsp3) is 0.706. The molecular weight excluding hydrogens is 372 g/mol. The van der Waals surface area contributed by atoms with Gasteiger partial charge in [0, 0.05) is 30.5 Å². The summed E-state index contributed by atoms with van der Waals surface area (Å²) in [5.74, 6) is 0.657. The Hall–Kier alpha value is -1.21. The summed E-state index contributed by atoms with van der Waals surface area (Å²) in [4.78, 5) is 21.9. The zero-order valence-electron chi connectivity index (χ0n) is 14.8. The molecule has 2 unspecified atom stereocenters. The van der Waals surface area contributed by atoms with E-state index < -0.39 is 5.72 Å². The largest absolute Gasteiger partial charge is 0.446 e. The van der Waals surface area contributed by atoms with Crippen LogP contribution in [0.1, 0.15) is 53.4 Å². The third-order valence-corrected chi connectivity index (χ3v) is 5.16. The molecule has 2 heterocycles. The maximum absolute atomic E-state index is 10.9. The smallest absolute Gasteiger partial charge is 0.294 e. The van der Waals surface area contributed by atoms with Crippen LogP contribution in [0.15, 0.2) is 16.9 Å². The van der Waals surface area contributed by atoms with Crippen molar-refractivity contribution in [3.05, 3.63) is 16.9 Å². The van der Waals surface area contributed by atoms with Crippen molar-refractivity contribution < 1.29 is 9.53 Å². The third-order valence-electron chi connectivity index (χ3n) is 4.75. The van der Waals surface area contributed by atoms with E-state index >= 15 is 0 Å². The summed E-state index contributed by atoms with van der Waals surface area (Å²) in [6, 6.07) is 0.988. The lowest BCUT2D eigenvalue weighted by atomic mass is 9.86. The number of piperidine rings is 1. The Morgan fingerprint density at radius 1 is 1.29 bits per heavy atom. The predicted octanol–water partition coefficient (Wildman–Crippen LogP) is 3.58. The second-order valence-electron chi connectivity index (χ2n) is 6.73. The highest BCUT2D eigenvalue weighted by Gasteiger charge is 2.43. The first kappa shape index (κ1) is 19.1. The van der Waals surface area contributed by atoms with E-state index in [9.17, 15) is 4.79 Å². The van der Waals surface area contributed by atoms with Gasteiger partial charge in [0.15, 0.2) is 5.72 Å². The first-order valence-corrected chi connectivity index (χ1v) is 9.34. The fourth-order valence-electron chi connectivity index (χ4n) is 3.75. The number of anilines is 1. The molecule has 1 fully saturated rings. The van der Waals surface area contributed by atoms with Crippen LogP contribution in [0, 0.1) is 0 Å². The van der Waals surface area contributed by atoms with Crippen LogP contribution < -0.4 is 5.32 Å². The monoisotopic (exact) mass is 398 g/mol. The van der Waals surface area contributed by atoms with Gasteiger partial charge in [-0.05, 0) is 55.5 Å². The molecule has 2 rings (SSSR count). The standard InChI is InChI=1S/C17H27BrN4O2/c1-5-14-7-13(21-16-19-9-12(18)10-20-16)8-15(6-2)22(14)17(3,4)24-11-23/h9-11,13-15H,5-8H2,1-4H3,(H,19,20,21). The molecule has 0 saturated carbocycles. The highest BCUT2D eigenvalue weighted by Crippen LogP contribution is 2.35. The molecule has 24 heavy (non-hydrogen) atoms. The van der Waals surface area contributed by atoms with Crippen LogP contribution in [0.3, 0.4) is 0 Å². The van der Waals surface area contributed by atoms with E-state index in [4.69, 9.17) is 4.74 Å². The number of carbonyl (C=O) groups is 1. The average molecular weight is 399 g/mol. The molecular formula is C17H27BrN4O2. The second-order valence-corrected chi connectivity index (χ2v) is 7.65. The topological polar surface area (TPSA) is 67.3 Å². The summed E-state index contributed by atoms with van der Waals surface area (Å²) < 4.78 is 6.26. The molecule has 1 aromatic heterocycles. The molecule has 7 heteroatoms. The highest BCUT2D eigenvalue weighted by atomic mass is 79.9. The van der Waals surface area contributed by atoms with Crippen LogP contribution in [0.2, 0.25) is 0 Å². The van der Waals surface area contributed by atoms with Crippen LogP contribution in [0.4, 0.5) is 5.95 Å². The molecule has 1 aliphatic rings. The van der Waals surface area contributed by atoms with Gasteiger partial charge in [-0.2, -0.15) is 0 Å². The first-order valence-electron chi connectivity index (χ1n) is 8.55. The minimum atomic E-state index is -0.595. The Balaban J connectivity index is 2.14. The number of hydrogen-bond donors (Lipinski definition) is 1. The van der Waals surface area contributed by atoms with Crippen molar-refractivity contribution in [3.8, 4) is 0 Å². The van der Waals surface area contributed by atoms with Crippen molar-refractivity contribution in [2.45, 2.75) is 77.2 Å². The average Bonchev–Trinajstić information content (AvgIpc) is 2.55. The van der Waals surface area contributed by atoms with Crippen molar-refractivity contribution in [2.75, 3.05) is 5.32 Å². The van der Waals surface area contributed by atoms with Gasteiger partial charge in [-0.15, -0.1) is 0 Å². The maximum atomic E-state index is 10.9. The molecule has 134 valence electrons. The van der Waals surface area contributed by atoms with Crippen LogP contribution in [-0.4, -0.2) is 45.2 Å². The normalized spacial score (nSPS) is 25.3. The molecule has 1 aromatic rings. The van der Waals surface area contributed by atoms with Gasteiger partial charge in [0.2, 0.25) is 5.95 Å². The van der Waals surface area contributed by atoms with Crippen molar-refractivity contribution in [3.63, 3.8) is 0 Å². The SMILES string of the molecule is CCC1CC(Nc2ncc(Br)cn2)CC(CC)N1C(C)(C)OC=O. The molecule has 0 aromatic carbocycles. The maximum Gasteiger partial charge on any atom is 0.294 e. The molecule has 1 N–H and O–H groups in total. The number of halogens is 1. The number of nitrogens with one attached hydrogen (secondary N) is 1. The Kier molecular flexibility index (Phi) is 6.57. The molecule has 2 atom stereocenters. The van der Waals surface area contributed by atoms with E-state index in [1.807, 2.05) is 13.8 Å². The van der Waals surface area contributed by atoms with Crippen molar-refractivity contribution in [1.29, 1.82) is 0 Å². The summed E-state index contributed by atoms with van der Waals surface area (Å²) in [7, 11) is 0. The van der Waals surface area contributed by atoms with Gasteiger partial charge in [0.05, 0.1) is 4.47 Å². The lowest BCUT2D eigenvalue weighted by molar-refractivity contribution is -0.180. The Bertz CT molecular complexity index is 524. The minimum absolute atomic E-state index is 0.310. The fourth-order valence-corrected chi connectivity index (χ4v) is 3.96. The van der Waals surface area contributed by atoms with Gasteiger partial charge in [0.1, 0.15) is 0 Å². The van der Waals surface area contributed by atoms with E-state index in [-0.39, 0.29) is 0 Å². The highest BCUT2D eigenvalue weighted by molar-refractivity contribution is 9.10. The van der Waals surface area contributed by atoms with Crippen LogP contribution >= 0.6 is 15.9 Å². The number of ether oxygens (including phenoxy) is 1. The van der Waals surface area contributed by atoms with E-state index in [1.165, 1.54) is 0 Å². The van der Waals surface area contributed by atoms with Gasteiger partial charge in [0.25, 0.3) is 6.47 Å². The number of carbonyl (C=O) groups excluding carboxylic acids is 1. The van der Waals surface area contributed by atoms with Gasteiger partial charge >= 0.3 is 0 Å².